The topological polar surface area (TPSA) is 55.4 Å². The Hall–Kier alpha value is -2.33. The minimum absolute atomic E-state index is 0.399. The van der Waals surface area contributed by atoms with Gasteiger partial charge in [0.1, 0.15) is 0 Å². The number of nitrogens with one attached hydrogen (secondary N) is 1. The first kappa shape index (κ1) is 16.0. The molecule has 0 saturated carbocycles. The lowest BCUT2D eigenvalue weighted by atomic mass is 10.1. The zero-order valence-electron chi connectivity index (χ0n) is 12.3. The number of halogens is 1. The maximum atomic E-state index is 12.1. The van der Waals surface area contributed by atoms with Gasteiger partial charge < -0.3 is 10.1 Å². The second kappa shape index (κ2) is 7.09. The first-order valence-corrected chi connectivity index (χ1v) is 7.18. The second-order valence-electron chi connectivity index (χ2n) is 4.86. The number of anilines is 1. The predicted molar refractivity (Wildman–Crippen MR) is 86.1 cm³/mol. The third kappa shape index (κ3) is 4.09. The van der Waals surface area contributed by atoms with Gasteiger partial charge in [-0.2, -0.15) is 0 Å². The average Bonchev–Trinajstić information content (AvgIpc) is 2.49. The van der Waals surface area contributed by atoms with E-state index in [1.54, 1.807) is 36.4 Å². The molecule has 0 spiro atoms. The van der Waals surface area contributed by atoms with Crippen LogP contribution in [0.5, 0.6) is 0 Å². The maximum Gasteiger partial charge on any atom is 0.339 e. The smallest absolute Gasteiger partial charge is 0.339 e. The molecule has 0 radical (unpaired) electrons. The third-order valence-electron chi connectivity index (χ3n) is 3.13. The SMILES string of the molecule is Cc1ccccc1C(=O)O[C@H](C)C(=O)Nc1ccc(Cl)cc1. The zero-order chi connectivity index (χ0) is 16.1. The Bertz CT molecular complexity index is 683. The normalized spacial score (nSPS) is 11.6. The highest BCUT2D eigenvalue weighted by molar-refractivity contribution is 6.30. The van der Waals surface area contributed by atoms with Gasteiger partial charge >= 0.3 is 5.97 Å². The van der Waals surface area contributed by atoms with Gasteiger partial charge in [-0.15, -0.1) is 0 Å². The van der Waals surface area contributed by atoms with E-state index >= 15 is 0 Å². The van der Waals surface area contributed by atoms with Crippen molar-refractivity contribution in [2.75, 3.05) is 5.32 Å². The lowest BCUT2D eigenvalue weighted by Gasteiger charge is -2.14. The van der Waals surface area contributed by atoms with Crippen molar-refractivity contribution in [3.05, 3.63) is 64.7 Å². The molecule has 1 amide bonds. The van der Waals surface area contributed by atoms with Gasteiger partial charge in [0, 0.05) is 10.7 Å². The van der Waals surface area contributed by atoms with Crippen LogP contribution in [-0.2, 0) is 9.53 Å². The lowest BCUT2D eigenvalue weighted by molar-refractivity contribution is -0.123. The van der Waals surface area contributed by atoms with Crippen LogP contribution in [0.4, 0.5) is 5.69 Å². The van der Waals surface area contributed by atoms with Gasteiger partial charge in [-0.1, -0.05) is 29.8 Å². The van der Waals surface area contributed by atoms with Crippen LogP contribution in [-0.4, -0.2) is 18.0 Å². The summed E-state index contributed by atoms with van der Waals surface area (Å²) in [4.78, 5) is 24.1. The molecule has 0 aliphatic carbocycles. The minimum Gasteiger partial charge on any atom is -0.449 e. The van der Waals surface area contributed by atoms with Crippen molar-refractivity contribution in [1.82, 2.24) is 0 Å². The van der Waals surface area contributed by atoms with Crippen molar-refractivity contribution in [2.45, 2.75) is 20.0 Å². The zero-order valence-corrected chi connectivity index (χ0v) is 13.1. The van der Waals surface area contributed by atoms with Gasteiger partial charge in [0.15, 0.2) is 6.10 Å². The molecule has 2 rings (SSSR count). The van der Waals surface area contributed by atoms with E-state index in [0.29, 0.717) is 16.3 Å². The fourth-order valence-corrected chi connectivity index (χ4v) is 1.98. The summed E-state index contributed by atoms with van der Waals surface area (Å²) in [6.07, 6.45) is -0.900. The number of carbonyl (C=O) groups is 2. The minimum atomic E-state index is -0.900. The lowest BCUT2D eigenvalue weighted by Crippen LogP contribution is -2.30. The van der Waals surface area contributed by atoms with Crippen molar-refractivity contribution in [3.8, 4) is 0 Å². The van der Waals surface area contributed by atoms with Crippen LogP contribution in [0.3, 0.4) is 0 Å². The molecular weight excluding hydrogens is 302 g/mol. The largest absolute Gasteiger partial charge is 0.449 e. The molecule has 4 nitrogen and oxygen atoms in total. The summed E-state index contributed by atoms with van der Waals surface area (Å²) >= 11 is 5.78. The molecule has 114 valence electrons. The molecule has 5 heteroatoms. The molecule has 22 heavy (non-hydrogen) atoms. The third-order valence-corrected chi connectivity index (χ3v) is 3.38. The summed E-state index contributed by atoms with van der Waals surface area (Å²) in [5.41, 5.74) is 1.85. The molecule has 0 heterocycles. The van der Waals surface area contributed by atoms with E-state index in [1.165, 1.54) is 6.92 Å². The molecule has 0 unspecified atom stereocenters. The highest BCUT2D eigenvalue weighted by Crippen LogP contribution is 2.15. The molecule has 0 aliphatic heterocycles. The van der Waals surface area contributed by atoms with Crippen LogP contribution in [0.1, 0.15) is 22.8 Å². The quantitative estimate of drug-likeness (QED) is 0.872. The number of aryl methyl sites for hydroxylation is 1. The Morgan fingerprint density at radius 3 is 2.36 bits per heavy atom. The van der Waals surface area contributed by atoms with Crippen molar-refractivity contribution in [3.63, 3.8) is 0 Å². The second-order valence-corrected chi connectivity index (χ2v) is 5.30. The van der Waals surface area contributed by atoms with Crippen LogP contribution in [0.25, 0.3) is 0 Å². The first-order chi connectivity index (χ1) is 10.5. The molecule has 2 aromatic carbocycles. The number of carbonyl (C=O) groups excluding carboxylic acids is 2. The van der Waals surface area contributed by atoms with E-state index < -0.39 is 18.0 Å². The standard InChI is InChI=1S/C17H16ClNO3/c1-11-5-3-4-6-15(11)17(21)22-12(2)16(20)19-14-9-7-13(18)8-10-14/h3-10,12H,1-2H3,(H,19,20)/t12-/m1/s1. The van der Waals surface area contributed by atoms with E-state index in [2.05, 4.69) is 5.32 Å². The number of hydrogen-bond donors (Lipinski definition) is 1. The maximum absolute atomic E-state index is 12.1. The fourth-order valence-electron chi connectivity index (χ4n) is 1.86. The van der Waals surface area contributed by atoms with Gasteiger partial charge in [-0.05, 0) is 49.7 Å². The van der Waals surface area contributed by atoms with Crippen molar-refractivity contribution in [1.29, 1.82) is 0 Å². The number of rotatable bonds is 4. The molecule has 2 aromatic rings. The molecule has 0 aliphatic rings. The van der Waals surface area contributed by atoms with Crippen molar-refractivity contribution >= 4 is 29.2 Å². The van der Waals surface area contributed by atoms with Crippen LogP contribution < -0.4 is 5.32 Å². The van der Waals surface area contributed by atoms with Gasteiger partial charge in [-0.25, -0.2) is 4.79 Å². The Morgan fingerprint density at radius 2 is 1.73 bits per heavy atom. The fraction of sp³-hybridized carbons (Fsp3) is 0.176. The Labute approximate surface area is 134 Å². The number of ether oxygens (including phenoxy) is 1. The monoisotopic (exact) mass is 317 g/mol. The molecular formula is C17H16ClNO3. The highest BCUT2D eigenvalue weighted by atomic mass is 35.5. The molecule has 0 bridgehead atoms. The average molecular weight is 318 g/mol. The summed E-state index contributed by atoms with van der Waals surface area (Å²) in [6, 6.07) is 13.8. The summed E-state index contributed by atoms with van der Waals surface area (Å²) in [5.74, 6) is -0.916. The molecule has 0 aromatic heterocycles. The van der Waals surface area contributed by atoms with Crippen molar-refractivity contribution in [2.24, 2.45) is 0 Å². The van der Waals surface area contributed by atoms with Gasteiger partial charge in [0.05, 0.1) is 5.56 Å². The number of amides is 1. The van der Waals surface area contributed by atoms with E-state index in [1.807, 2.05) is 19.1 Å². The Kier molecular flexibility index (Phi) is 5.17. The van der Waals surface area contributed by atoms with Gasteiger partial charge in [0.2, 0.25) is 0 Å². The van der Waals surface area contributed by atoms with Crippen LogP contribution >= 0.6 is 11.6 Å². The Balaban J connectivity index is 1.98. The summed E-state index contributed by atoms with van der Waals surface area (Å²) < 4.78 is 5.20. The summed E-state index contributed by atoms with van der Waals surface area (Å²) in [7, 11) is 0. The summed E-state index contributed by atoms with van der Waals surface area (Å²) in [6.45, 7) is 3.34. The van der Waals surface area contributed by atoms with E-state index in [9.17, 15) is 9.59 Å². The molecule has 1 N–H and O–H groups in total. The van der Waals surface area contributed by atoms with Crippen LogP contribution in [0.15, 0.2) is 48.5 Å². The number of hydrogen-bond acceptors (Lipinski definition) is 3. The van der Waals surface area contributed by atoms with Crippen LogP contribution in [0.2, 0.25) is 5.02 Å². The summed E-state index contributed by atoms with van der Waals surface area (Å²) in [5, 5.41) is 3.25. The predicted octanol–water partition coefficient (Wildman–Crippen LogP) is 3.83. The van der Waals surface area contributed by atoms with Crippen LogP contribution in [0, 0.1) is 6.92 Å². The Morgan fingerprint density at radius 1 is 1.09 bits per heavy atom. The highest BCUT2D eigenvalue weighted by Gasteiger charge is 2.19. The van der Waals surface area contributed by atoms with E-state index in [4.69, 9.17) is 16.3 Å². The van der Waals surface area contributed by atoms with Gasteiger partial charge in [-0.3, -0.25) is 4.79 Å². The van der Waals surface area contributed by atoms with Crippen molar-refractivity contribution < 1.29 is 14.3 Å². The van der Waals surface area contributed by atoms with E-state index in [-0.39, 0.29) is 0 Å². The van der Waals surface area contributed by atoms with Gasteiger partial charge in [0.25, 0.3) is 5.91 Å². The number of esters is 1. The molecule has 0 saturated heterocycles. The van der Waals surface area contributed by atoms with E-state index in [0.717, 1.165) is 5.56 Å². The first-order valence-electron chi connectivity index (χ1n) is 6.80. The number of benzene rings is 2. The molecule has 0 fully saturated rings. The molecule has 1 atom stereocenters.